The smallest absolute Gasteiger partial charge is 0.267 e. The minimum Gasteiger partial charge on any atom is -0.355 e. The van der Waals surface area contributed by atoms with Gasteiger partial charge in [0.2, 0.25) is 0 Å². The summed E-state index contributed by atoms with van der Waals surface area (Å²) >= 11 is 0. The molecule has 0 aromatic carbocycles. The molecule has 1 saturated carbocycles. The zero-order valence-electron chi connectivity index (χ0n) is 15.4. The molecule has 0 radical (unpaired) electrons. The van der Waals surface area contributed by atoms with Gasteiger partial charge in [0, 0.05) is 30.8 Å². The summed E-state index contributed by atoms with van der Waals surface area (Å²) in [7, 11) is 0. The minimum absolute atomic E-state index is 0.00813. The van der Waals surface area contributed by atoms with Gasteiger partial charge in [-0.1, -0.05) is 0 Å². The first-order chi connectivity index (χ1) is 13.2. The number of rotatable bonds is 3. The molecule has 2 aromatic rings. The van der Waals surface area contributed by atoms with Gasteiger partial charge in [0.05, 0.1) is 17.3 Å². The molecular formula is C21H23N5O. The first-order valence-electron chi connectivity index (χ1n) is 10.0. The predicted molar refractivity (Wildman–Crippen MR) is 102 cm³/mol. The molecule has 2 aliphatic carbocycles. The second kappa shape index (κ2) is 6.49. The molecule has 27 heavy (non-hydrogen) atoms. The zero-order valence-corrected chi connectivity index (χ0v) is 15.4. The van der Waals surface area contributed by atoms with Crippen molar-refractivity contribution < 1.29 is 0 Å². The molecule has 2 aromatic heterocycles. The van der Waals surface area contributed by atoms with E-state index in [4.69, 9.17) is 4.98 Å². The number of aromatic nitrogens is 3. The molecule has 6 heteroatoms. The van der Waals surface area contributed by atoms with E-state index in [0.29, 0.717) is 11.5 Å². The number of piperidine rings is 1. The van der Waals surface area contributed by atoms with Gasteiger partial charge in [-0.2, -0.15) is 10.4 Å². The summed E-state index contributed by atoms with van der Waals surface area (Å²) in [4.78, 5) is 19.4. The van der Waals surface area contributed by atoms with Gasteiger partial charge < -0.3 is 4.90 Å². The lowest BCUT2D eigenvalue weighted by molar-refractivity contribution is 0.349. The lowest BCUT2D eigenvalue weighted by Crippen LogP contribution is -2.39. The van der Waals surface area contributed by atoms with Crippen molar-refractivity contribution in [2.45, 2.75) is 56.9 Å². The molecule has 0 amide bonds. The van der Waals surface area contributed by atoms with E-state index in [2.05, 4.69) is 16.1 Å². The van der Waals surface area contributed by atoms with Crippen LogP contribution in [0.25, 0.3) is 0 Å². The Balaban J connectivity index is 1.36. The third kappa shape index (κ3) is 3.01. The van der Waals surface area contributed by atoms with Crippen LogP contribution in [0.15, 0.2) is 23.0 Å². The van der Waals surface area contributed by atoms with Crippen LogP contribution in [0.5, 0.6) is 0 Å². The summed E-state index contributed by atoms with van der Waals surface area (Å²) in [5.74, 6) is 1.37. The second-order valence-corrected chi connectivity index (χ2v) is 7.96. The Labute approximate surface area is 158 Å². The number of fused-ring (bicyclic) bond motifs is 1. The van der Waals surface area contributed by atoms with Crippen molar-refractivity contribution in [3.63, 3.8) is 0 Å². The van der Waals surface area contributed by atoms with E-state index in [1.165, 1.54) is 18.4 Å². The van der Waals surface area contributed by atoms with Crippen molar-refractivity contribution in [2.24, 2.45) is 0 Å². The molecule has 1 saturated heterocycles. The van der Waals surface area contributed by atoms with E-state index in [-0.39, 0.29) is 11.6 Å². The summed E-state index contributed by atoms with van der Waals surface area (Å²) < 4.78 is 1.70. The Hall–Kier alpha value is -2.68. The highest BCUT2D eigenvalue weighted by Crippen LogP contribution is 2.38. The lowest BCUT2D eigenvalue weighted by atomic mass is 10.0. The topological polar surface area (TPSA) is 74.8 Å². The van der Waals surface area contributed by atoms with Crippen molar-refractivity contribution in [1.29, 1.82) is 5.26 Å². The highest BCUT2D eigenvalue weighted by Gasteiger charge is 2.29. The Kier molecular flexibility index (Phi) is 3.96. The number of anilines is 1. The van der Waals surface area contributed by atoms with Crippen LogP contribution in [0.4, 0.5) is 5.82 Å². The van der Waals surface area contributed by atoms with Gasteiger partial charge in [-0.3, -0.25) is 4.79 Å². The van der Waals surface area contributed by atoms with Crippen LogP contribution in [-0.4, -0.2) is 27.9 Å². The van der Waals surface area contributed by atoms with Crippen LogP contribution in [0.1, 0.15) is 66.6 Å². The predicted octanol–water partition coefficient (Wildman–Crippen LogP) is 2.72. The number of aryl methyl sites for hydroxylation is 2. The third-order valence-electron chi connectivity index (χ3n) is 6.10. The van der Waals surface area contributed by atoms with E-state index >= 15 is 0 Å². The molecule has 0 spiro atoms. The maximum atomic E-state index is 12.3. The molecular weight excluding hydrogens is 338 g/mol. The van der Waals surface area contributed by atoms with Crippen LogP contribution in [0.3, 0.4) is 0 Å². The van der Waals surface area contributed by atoms with Crippen molar-refractivity contribution in [3.05, 3.63) is 51.1 Å². The summed E-state index contributed by atoms with van der Waals surface area (Å²) in [5.41, 5.74) is 4.12. The van der Waals surface area contributed by atoms with E-state index in [0.717, 1.165) is 62.4 Å². The van der Waals surface area contributed by atoms with Crippen molar-refractivity contribution >= 4 is 5.82 Å². The number of nitriles is 1. The van der Waals surface area contributed by atoms with Crippen molar-refractivity contribution in [3.8, 4) is 6.07 Å². The van der Waals surface area contributed by atoms with E-state index in [9.17, 15) is 10.1 Å². The summed E-state index contributed by atoms with van der Waals surface area (Å²) in [6, 6.07) is 8.05. The average Bonchev–Trinajstić information content (AvgIpc) is 3.45. The van der Waals surface area contributed by atoms with Crippen LogP contribution >= 0.6 is 0 Å². The van der Waals surface area contributed by atoms with E-state index < -0.39 is 0 Å². The Morgan fingerprint density at radius 3 is 2.67 bits per heavy atom. The number of pyridine rings is 1. The highest BCUT2D eigenvalue weighted by atomic mass is 16.1. The summed E-state index contributed by atoms with van der Waals surface area (Å²) in [6.45, 7) is 1.60. The summed E-state index contributed by atoms with van der Waals surface area (Å²) in [5, 5.41) is 14.2. The first kappa shape index (κ1) is 16.5. The first-order valence-corrected chi connectivity index (χ1v) is 10.0. The fourth-order valence-corrected chi connectivity index (χ4v) is 4.41. The van der Waals surface area contributed by atoms with Crippen molar-refractivity contribution in [2.75, 3.05) is 18.0 Å². The molecule has 0 atom stereocenters. The Morgan fingerprint density at radius 2 is 1.93 bits per heavy atom. The minimum atomic E-state index is -0.00813. The maximum absolute atomic E-state index is 12.3. The molecule has 2 fully saturated rings. The van der Waals surface area contributed by atoms with Gasteiger partial charge in [0.1, 0.15) is 11.9 Å². The SMILES string of the molecule is N#Cc1cc2c(nc1N1CCC(n3nc(C4CC4)ccc3=O)CC1)CCC2. The molecule has 138 valence electrons. The van der Waals surface area contributed by atoms with Crippen LogP contribution in [-0.2, 0) is 12.8 Å². The molecule has 3 heterocycles. The molecule has 3 aliphatic rings. The highest BCUT2D eigenvalue weighted by molar-refractivity contribution is 5.57. The lowest BCUT2D eigenvalue weighted by Gasteiger charge is -2.33. The van der Waals surface area contributed by atoms with Crippen LogP contribution < -0.4 is 10.5 Å². The maximum Gasteiger partial charge on any atom is 0.267 e. The molecule has 0 unspecified atom stereocenters. The number of hydrogen-bond acceptors (Lipinski definition) is 5. The Morgan fingerprint density at radius 1 is 1.11 bits per heavy atom. The molecule has 1 aliphatic heterocycles. The summed E-state index contributed by atoms with van der Waals surface area (Å²) in [6.07, 6.45) is 7.25. The fourth-order valence-electron chi connectivity index (χ4n) is 4.41. The van der Waals surface area contributed by atoms with E-state index in [1.807, 2.05) is 12.1 Å². The average molecular weight is 361 g/mol. The fraction of sp³-hybridized carbons (Fsp3) is 0.524. The molecule has 5 rings (SSSR count). The molecule has 6 nitrogen and oxygen atoms in total. The zero-order chi connectivity index (χ0) is 18.4. The van der Waals surface area contributed by atoms with Crippen molar-refractivity contribution in [1.82, 2.24) is 14.8 Å². The third-order valence-corrected chi connectivity index (χ3v) is 6.10. The second-order valence-electron chi connectivity index (χ2n) is 7.96. The standard InChI is InChI=1S/C21H23N5O/c22-13-16-12-15-2-1-3-18(15)23-21(16)25-10-8-17(9-11-25)26-20(27)7-6-19(24-26)14-4-5-14/h6-7,12,14,17H,1-5,8-11H2. The van der Waals surface area contributed by atoms with Gasteiger partial charge in [-0.25, -0.2) is 9.67 Å². The quantitative estimate of drug-likeness (QED) is 0.840. The molecule has 0 N–H and O–H groups in total. The van der Waals surface area contributed by atoms with Gasteiger partial charge in [-0.05, 0) is 62.6 Å². The van der Waals surface area contributed by atoms with Crippen LogP contribution in [0, 0.1) is 11.3 Å². The van der Waals surface area contributed by atoms with Gasteiger partial charge >= 0.3 is 0 Å². The Bertz CT molecular complexity index is 977. The molecule has 0 bridgehead atoms. The van der Waals surface area contributed by atoms with Gasteiger partial charge in [0.25, 0.3) is 5.56 Å². The van der Waals surface area contributed by atoms with Crippen LogP contribution in [0.2, 0.25) is 0 Å². The van der Waals surface area contributed by atoms with Gasteiger partial charge in [0.15, 0.2) is 0 Å². The van der Waals surface area contributed by atoms with Gasteiger partial charge in [-0.15, -0.1) is 0 Å². The monoisotopic (exact) mass is 361 g/mol. The number of hydrogen-bond donors (Lipinski definition) is 0. The normalized spacial score (nSPS) is 19.7. The van der Waals surface area contributed by atoms with E-state index in [1.54, 1.807) is 10.7 Å². The number of nitrogens with zero attached hydrogens (tertiary/aromatic N) is 5. The largest absolute Gasteiger partial charge is 0.355 e.